The number of rotatable bonds is 2. The Morgan fingerprint density at radius 3 is 2.30 bits per heavy atom. The van der Waals surface area contributed by atoms with E-state index in [9.17, 15) is 0 Å². The van der Waals surface area contributed by atoms with E-state index in [-0.39, 0.29) is 5.41 Å². The van der Waals surface area contributed by atoms with E-state index < -0.39 is 0 Å². The van der Waals surface area contributed by atoms with Crippen LogP contribution in [0.2, 0.25) is 0 Å². The van der Waals surface area contributed by atoms with Gasteiger partial charge in [0.2, 0.25) is 0 Å². The molecule has 0 radical (unpaired) electrons. The molecule has 2 heteroatoms. The number of allylic oxidation sites excluding steroid dienone is 1. The van der Waals surface area contributed by atoms with Gasteiger partial charge >= 0.3 is 0 Å². The molecule has 0 aromatic carbocycles. The van der Waals surface area contributed by atoms with Gasteiger partial charge in [-0.2, -0.15) is 0 Å². The summed E-state index contributed by atoms with van der Waals surface area (Å²) in [6, 6.07) is 0. The first-order valence-corrected chi connectivity index (χ1v) is 3.21. The van der Waals surface area contributed by atoms with Crippen LogP contribution in [0.3, 0.4) is 0 Å². The maximum Gasteiger partial charge on any atom is 0.114 e. The Bertz CT molecular complexity index is 149. The lowest BCUT2D eigenvalue weighted by molar-refractivity contribution is 0.543. The second kappa shape index (κ2) is 3.99. The van der Waals surface area contributed by atoms with E-state index >= 15 is 0 Å². The molecule has 0 aliphatic carbocycles. The zero-order chi connectivity index (χ0) is 8.04. The molecule has 56 valence electrons. The van der Waals surface area contributed by atoms with Gasteiger partial charge in [-0.25, -0.2) is 4.99 Å². The van der Waals surface area contributed by atoms with Crippen LogP contribution in [-0.4, -0.2) is 13.1 Å². The third kappa shape index (κ3) is 7.08. The minimum Gasteiger partial charge on any atom is -0.253 e. The highest BCUT2D eigenvalue weighted by atomic mass is 14.8. The van der Waals surface area contributed by atoms with Crippen molar-refractivity contribution in [3.63, 3.8) is 0 Å². The lowest BCUT2D eigenvalue weighted by Gasteiger charge is -2.09. The van der Waals surface area contributed by atoms with E-state index in [1.54, 1.807) is 6.20 Å². The Hall–Kier alpha value is -0.920. The summed E-state index contributed by atoms with van der Waals surface area (Å²) in [6.45, 7) is 9.60. The van der Waals surface area contributed by atoms with Crippen molar-refractivity contribution in [3.8, 4) is 0 Å². The van der Waals surface area contributed by atoms with Gasteiger partial charge in [-0.15, -0.1) is 0 Å². The molecule has 0 atom stereocenters. The molecule has 0 aliphatic rings. The maximum atomic E-state index is 3.84. The lowest BCUT2D eigenvalue weighted by Crippen LogP contribution is -1.97. The summed E-state index contributed by atoms with van der Waals surface area (Å²) in [5, 5.41) is 0. The van der Waals surface area contributed by atoms with Crippen LogP contribution >= 0.6 is 0 Å². The largest absolute Gasteiger partial charge is 0.253 e. The molecule has 0 N–H and O–H groups in total. The minimum atomic E-state index is 0.193. The first-order chi connectivity index (χ1) is 4.56. The first kappa shape index (κ1) is 9.08. The molecule has 0 spiro atoms. The van der Waals surface area contributed by atoms with E-state index in [0.29, 0.717) is 0 Å². The summed E-state index contributed by atoms with van der Waals surface area (Å²) in [5.74, 6) is 0. The monoisotopic (exact) mass is 138 g/mol. The molecule has 0 aromatic rings. The summed E-state index contributed by atoms with van der Waals surface area (Å²) in [5.41, 5.74) is 0.193. The zero-order valence-electron chi connectivity index (χ0n) is 6.83. The Labute approximate surface area is 62.4 Å². The molecule has 0 rings (SSSR count). The molecule has 0 bridgehead atoms. The van der Waals surface area contributed by atoms with Crippen molar-refractivity contribution in [1.82, 2.24) is 0 Å². The van der Waals surface area contributed by atoms with Crippen molar-refractivity contribution in [2.75, 3.05) is 0 Å². The second-order valence-corrected chi connectivity index (χ2v) is 3.13. The van der Waals surface area contributed by atoms with Gasteiger partial charge in [0.05, 0.1) is 0 Å². The van der Waals surface area contributed by atoms with Crippen molar-refractivity contribution >= 4 is 13.1 Å². The number of hydrogen-bond acceptors (Lipinski definition) is 1. The predicted molar refractivity (Wildman–Crippen MR) is 46.6 cm³/mol. The third-order valence-electron chi connectivity index (χ3n) is 0.809. The Morgan fingerprint density at radius 1 is 1.30 bits per heavy atom. The number of aliphatic imine (C=N–C) groups is 2. The van der Waals surface area contributed by atoms with Crippen molar-refractivity contribution in [1.29, 1.82) is 0 Å². The van der Waals surface area contributed by atoms with Crippen molar-refractivity contribution < 1.29 is 0 Å². The zero-order valence-corrected chi connectivity index (χ0v) is 6.83. The molecule has 0 heterocycles. The van der Waals surface area contributed by atoms with Crippen molar-refractivity contribution in [2.24, 2.45) is 15.4 Å². The minimum absolute atomic E-state index is 0.193. The van der Waals surface area contributed by atoms with Gasteiger partial charge in [0.15, 0.2) is 0 Å². The highest BCUT2D eigenvalue weighted by Crippen LogP contribution is 2.13. The smallest absolute Gasteiger partial charge is 0.114 e. The molecule has 0 saturated carbocycles. The molecule has 0 amide bonds. The van der Waals surface area contributed by atoms with Crippen LogP contribution < -0.4 is 0 Å². The Morgan fingerprint density at radius 2 is 1.90 bits per heavy atom. The van der Waals surface area contributed by atoms with Crippen molar-refractivity contribution in [2.45, 2.75) is 20.8 Å². The van der Waals surface area contributed by atoms with Gasteiger partial charge in [0, 0.05) is 6.20 Å². The van der Waals surface area contributed by atoms with Crippen molar-refractivity contribution in [3.05, 3.63) is 12.3 Å². The summed E-state index contributed by atoms with van der Waals surface area (Å²) < 4.78 is 0. The van der Waals surface area contributed by atoms with E-state index in [2.05, 4.69) is 37.5 Å². The predicted octanol–water partition coefficient (Wildman–Crippen LogP) is 2.28. The van der Waals surface area contributed by atoms with Crippen LogP contribution in [0, 0.1) is 5.41 Å². The fourth-order valence-electron chi connectivity index (χ4n) is 0.352. The van der Waals surface area contributed by atoms with Crippen LogP contribution in [0.5, 0.6) is 0 Å². The van der Waals surface area contributed by atoms with Crippen LogP contribution in [0.25, 0.3) is 0 Å². The number of nitrogens with zero attached hydrogens (tertiary/aromatic N) is 2. The molecule has 2 nitrogen and oxygen atoms in total. The van der Waals surface area contributed by atoms with E-state index in [1.165, 1.54) is 6.34 Å². The molecule has 10 heavy (non-hydrogen) atoms. The fourth-order valence-corrected chi connectivity index (χ4v) is 0.352. The Balaban J connectivity index is 3.77. The molecule has 0 saturated heterocycles. The normalized spacial score (nSPS) is 13.1. The van der Waals surface area contributed by atoms with E-state index in [0.717, 1.165) is 0 Å². The topological polar surface area (TPSA) is 24.7 Å². The molecular weight excluding hydrogens is 124 g/mol. The quantitative estimate of drug-likeness (QED) is 0.413. The molecule has 0 aliphatic heterocycles. The summed E-state index contributed by atoms with van der Waals surface area (Å²) in [6.07, 6.45) is 5.16. The highest BCUT2D eigenvalue weighted by molar-refractivity contribution is 5.62. The van der Waals surface area contributed by atoms with Gasteiger partial charge in [-0.1, -0.05) is 26.8 Å². The Kier molecular flexibility index (Phi) is 3.62. The standard InChI is InChI=1S/C8H14N2/c1-8(2,3)5-6-10-7-9-4/h5-7H,4H2,1-3H3. The van der Waals surface area contributed by atoms with E-state index in [4.69, 9.17) is 0 Å². The first-order valence-electron chi connectivity index (χ1n) is 3.21. The highest BCUT2D eigenvalue weighted by Gasteiger charge is 2.01. The van der Waals surface area contributed by atoms with Crippen LogP contribution in [0.4, 0.5) is 0 Å². The van der Waals surface area contributed by atoms with Crippen LogP contribution in [0.15, 0.2) is 22.3 Å². The van der Waals surface area contributed by atoms with Gasteiger partial charge in [-0.05, 0) is 12.1 Å². The van der Waals surface area contributed by atoms with Gasteiger partial charge in [0.25, 0.3) is 0 Å². The SMILES string of the molecule is C=NC=NC=CC(C)(C)C. The van der Waals surface area contributed by atoms with Gasteiger partial charge < -0.3 is 0 Å². The summed E-state index contributed by atoms with van der Waals surface area (Å²) in [4.78, 5) is 7.30. The van der Waals surface area contributed by atoms with E-state index in [1.807, 2.05) is 6.08 Å². The fraction of sp³-hybridized carbons (Fsp3) is 0.500. The molecule has 0 fully saturated rings. The van der Waals surface area contributed by atoms with Crippen LogP contribution in [0.1, 0.15) is 20.8 Å². The lowest BCUT2D eigenvalue weighted by atomic mass is 9.97. The van der Waals surface area contributed by atoms with Gasteiger partial charge in [-0.3, -0.25) is 4.99 Å². The average Bonchev–Trinajstić information content (AvgIpc) is 1.78. The summed E-state index contributed by atoms with van der Waals surface area (Å²) in [7, 11) is 0. The summed E-state index contributed by atoms with van der Waals surface area (Å²) >= 11 is 0. The maximum absolute atomic E-state index is 3.84. The van der Waals surface area contributed by atoms with Crippen LogP contribution in [-0.2, 0) is 0 Å². The molecule has 0 aromatic heterocycles. The van der Waals surface area contributed by atoms with Gasteiger partial charge in [0.1, 0.15) is 6.34 Å². The number of hydrogen-bond donors (Lipinski definition) is 0. The third-order valence-corrected chi connectivity index (χ3v) is 0.809. The second-order valence-electron chi connectivity index (χ2n) is 3.13. The average molecular weight is 138 g/mol. The molecular formula is C8H14N2. The molecule has 0 unspecified atom stereocenters.